The van der Waals surface area contributed by atoms with Crippen molar-refractivity contribution in [2.24, 2.45) is 5.92 Å². The SMILES string of the molecule is CC(=O)Nc1ccc(-c2ccc(=O)n3c2[C@@H]2C[C@H](C3)C[NH+](Cc3ccc(N(C)C)cc3)C2)cc1. The highest BCUT2D eigenvalue weighted by molar-refractivity contribution is 5.89. The molecule has 1 saturated heterocycles. The van der Waals surface area contributed by atoms with Gasteiger partial charge in [-0.2, -0.15) is 0 Å². The number of nitrogens with one attached hydrogen (secondary N) is 2. The summed E-state index contributed by atoms with van der Waals surface area (Å²) in [5.41, 5.74) is 6.86. The number of amides is 1. The largest absolute Gasteiger partial charge is 0.378 e. The number of piperidine rings is 1. The van der Waals surface area contributed by atoms with Gasteiger partial charge in [-0.25, -0.2) is 0 Å². The number of anilines is 2. The summed E-state index contributed by atoms with van der Waals surface area (Å²) in [4.78, 5) is 27.9. The first-order valence-electron chi connectivity index (χ1n) is 12.1. The van der Waals surface area contributed by atoms with Crippen LogP contribution in [0.4, 0.5) is 11.4 Å². The van der Waals surface area contributed by atoms with Crippen molar-refractivity contribution in [3.8, 4) is 11.1 Å². The summed E-state index contributed by atoms with van der Waals surface area (Å²) < 4.78 is 2.03. The number of hydrogen-bond acceptors (Lipinski definition) is 3. The lowest BCUT2D eigenvalue weighted by Crippen LogP contribution is -3.13. The van der Waals surface area contributed by atoms with Gasteiger partial charge in [-0.1, -0.05) is 24.3 Å². The number of nitrogens with zero attached hydrogens (tertiary/aromatic N) is 2. The van der Waals surface area contributed by atoms with Crippen LogP contribution < -0.4 is 20.7 Å². The second-order valence-electron chi connectivity index (χ2n) is 10.0. The van der Waals surface area contributed by atoms with Gasteiger partial charge in [0, 0.05) is 73.7 Å². The fourth-order valence-corrected chi connectivity index (χ4v) is 5.76. The Kier molecular flexibility index (Phi) is 6.00. The Bertz CT molecular complexity index is 1240. The predicted octanol–water partition coefficient (Wildman–Crippen LogP) is 2.74. The van der Waals surface area contributed by atoms with Gasteiger partial charge in [0.15, 0.2) is 0 Å². The molecule has 2 aliphatic heterocycles. The molecule has 5 rings (SSSR count). The topological polar surface area (TPSA) is 58.8 Å². The number of rotatable bonds is 5. The van der Waals surface area contributed by atoms with Crippen LogP contribution in [0.5, 0.6) is 0 Å². The number of pyridine rings is 1. The average Bonchev–Trinajstić information content (AvgIpc) is 2.80. The first-order chi connectivity index (χ1) is 16.4. The Morgan fingerprint density at radius 2 is 1.76 bits per heavy atom. The van der Waals surface area contributed by atoms with Crippen LogP contribution in [0.25, 0.3) is 11.1 Å². The Morgan fingerprint density at radius 3 is 2.44 bits per heavy atom. The van der Waals surface area contributed by atoms with E-state index in [-0.39, 0.29) is 11.5 Å². The van der Waals surface area contributed by atoms with Crippen molar-refractivity contribution in [1.29, 1.82) is 0 Å². The van der Waals surface area contributed by atoms with Gasteiger partial charge in [0.1, 0.15) is 6.54 Å². The zero-order valence-corrected chi connectivity index (χ0v) is 20.2. The normalized spacial score (nSPS) is 21.0. The fraction of sp³-hybridized carbons (Fsp3) is 0.357. The van der Waals surface area contributed by atoms with Crippen molar-refractivity contribution in [2.75, 3.05) is 37.4 Å². The lowest BCUT2D eigenvalue weighted by molar-refractivity contribution is -0.924. The van der Waals surface area contributed by atoms with Gasteiger partial charge < -0.3 is 19.7 Å². The van der Waals surface area contributed by atoms with Gasteiger partial charge in [-0.15, -0.1) is 0 Å². The van der Waals surface area contributed by atoms with Gasteiger partial charge in [-0.3, -0.25) is 9.59 Å². The zero-order chi connectivity index (χ0) is 23.8. The molecular formula is C28H33N4O2+. The van der Waals surface area contributed by atoms with E-state index in [1.54, 1.807) is 11.0 Å². The molecule has 6 heteroatoms. The standard InChI is InChI=1S/C28H32N4O2/c1-19(33)29-24-8-6-22(7-9-24)26-12-13-27(34)32-17-21-14-23(28(26)32)18-31(16-21)15-20-4-10-25(11-5-20)30(2)3/h4-13,21,23H,14-18H2,1-3H3,(H,29,33)/p+1/t21-,23+/m0/s1. The third-order valence-corrected chi connectivity index (χ3v) is 7.21. The average molecular weight is 458 g/mol. The molecular weight excluding hydrogens is 424 g/mol. The quantitative estimate of drug-likeness (QED) is 0.620. The van der Waals surface area contributed by atoms with E-state index in [0.29, 0.717) is 11.8 Å². The molecule has 34 heavy (non-hydrogen) atoms. The Morgan fingerprint density at radius 1 is 1.03 bits per heavy atom. The van der Waals surface area contributed by atoms with Crippen LogP contribution in [0.1, 0.15) is 30.5 Å². The van der Waals surface area contributed by atoms with Crippen molar-refractivity contribution in [3.63, 3.8) is 0 Å². The van der Waals surface area contributed by atoms with E-state index < -0.39 is 0 Å². The molecule has 6 nitrogen and oxygen atoms in total. The van der Waals surface area contributed by atoms with E-state index in [1.165, 1.54) is 23.9 Å². The van der Waals surface area contributed by atoms with Crippen LogP contribution in [0.2, 0.25) is 0 Å². The highest BCUT2D eigenvalue weighted by Gasteiger charge is 2.38. The number of hydrogen-bond donors (Lipinski definition) is 2. The number of benzene rings is 2. The maximum absolute atomic E-state index is 12.8. The zero-order valence-electron chi connectivity index (χ0n) is 20.2. The molecule has 1 unspecified atom stereocenters. The Balaban J connectivity index is 1.42. The van der Waals surface area contributed by atoms with E-state index in [1.807, 2.05) is 34.9 Å². The third-order valence-electron chi connectivity index (χ3n) is 7.21. The van der Waals surface area contributed by atoms with Crippen LogP contribution in [-0.2, 0) is 17.9 Å². The van der Waals surface area contributed by atoms with Gasteiger partial charge >= 0.3 is 0 Å². The monoisotopic (exact) mass is 457 g/mol. The molecule has 2 aromatic carbocycles. The predicted molar refractivity (Wildman–Crippen MR) is 136 cm³/mol. The van der Waals surface area contributed by atoms with Crippen molar-refractivity contribution >= 4 is 17.3 Å². The summed E-state index contributed by atoms with van der Waals surface area (Å²) >= 11 is 0. The lowest BCUT2D eigenvalue weighted by Gasteiger charge is -2.41. The summed E-state index contributed by atoms with van der Waals surface area (Å²) in [6.07, 6.45) is 1.14. The molecule has 1 aromatic heterocycles. The number of aromatic nitrogens is 1. The summed E-state index contributed by atoms with van der Waals surface area (Å²) in [7, 11) is 4.13. The smallest absolute Gasteiger partial charge is 0.250 e. The molecule has 2 N–H and O–H groups in total. The van der Waals surface area contributed by atoms with Crippen molar-refractivity contribution in [1.82, 2.24) is 4.57 Å². The number of quaternary nitrogens is 1. The van der Waals surface area contributed by atoms with E-state index in [0.717, 1.165) is 49.4 Å². The second kappa shape index (κ2) is 9.11. The van der Waals surface area contributed by atoms with Gasteiger partial charge in [-0.05, 0) is 42.3 Å². The summed E-state index contributed by atoms with van der Waals surface area (Å²) in [6.45, 7) is 5.46. The molecule has 0 aliphatic carbocycles. The fourth-order valence-electron chi connectivity index (χ4n) is 5.76. The van der Waals surface area contributed by atoms with Crippen LogP contribution in [0.3, 0.4) is 0 Å². The minimum absolute atomic E-state index is 0.0796. The number of carbonyl (C=O) groups is 1. The molecule has 3 atom stereocenters. The molecule has 3 aromatic rings. The maximum atomic E-state index is 12.8. The lowest BCUT2D eigenvalue weighted by atomic mass is 9.80. The minimum Gasteiger partial charge on any atom is -0.378 e. The molecule has 0 saturated carbocycles. The van der Waals surface area contributed by atoms with E-state index >= 15 is 0 Å². The molecule has 3 heterocycles. The van der Waals surface area contributed by atoms with Crippen LogP contribution in [0, 0.1) is 5.92 Å². The molecule has 176 valence electrons. The number of carbonyl (C=O) groups excluding carboxylic acids is 1. The van der Waals surface area contributed by atoms with E-state index in [2.05, 4.69) is 48.6 Å². The van der Waals surface area contributed by atoms with Crippen molar-refractivity contribution < 1.29 is 9.69 Å². The molecule has 2 aliphatic rings. The van der Waals surface area contributed by atoms with Crippen LogP contribution >= 0.6 is 0 Å². The molecule has 2 bridgehead atoms. The van der Waals surface area contributed by atoms with E-state index in [9.17, 15) is 9.59 Å². The maximum Gasteiger partial charge on any atom is 0.250 e. The summed E-state index contributed by atoms with van der Waals surface area (Å²) in [5, 5.41) is 2.83. The van der Waals surface area contributed by atoms with Gasteiger partial charge in [0.05, 0.1) is 13.1 Å². The Labute approximate surface area is 200 Å². The molecule has 1 amide bonds. The van der Waals surface area contributed by atoms with Gasteiger partial charge in [0.25, 0.3) is 5.56 Å². The number of fused-ring (bicyclic) bond motifs is 4. The minimum atomic E-state index is -0.0796. The molecule has 1 fully saturated rings. The molecule has 0 radical (unpaired) electrons. The van der Waals surface area contributed by atoms with Crippen LogP contribution in [-0.4, -0.2) is 37.7 Å². The van der Waals surface area contributed by atoms with Gasteiger partial charge in [0.2, 0.25) is 5.91 Å². The summed E-state index contributed by atoms with van der Waals surface area (Å²) in [5.74, 6) is 0.809. The summed E-state index contributed by atoms with van der Waals surface area (Å²) in [6, 6.07) is 20.5. The highest BCUT2D eigenvalue weighted by atomic mass is 16.1. The van der Waals surface area contributed by atoms with Crippen molar-refractivity contribution in [3.05, 3.63) is 82.3 Å². The number of likely N-dealkylation sites (tertiary alicyclic amines) is 1. The highest BCUT2D eigenvalue weighted by Crippen LogP contribution is 2.37. The first kappa shape index (κ1) is 22.4. The third kappa shape index (κ3) is 4.50. The van der Waals surface area contributed by atoms with Crippen LogP contribution in [0.15, 0.2) is 65.5 Å². The Hall–Kier alpha value is -3.38. The van der Waals surface area contributed by atoms with E-state index in [4.69, 9.17) is 0 Å². The first-order valence-corrected chi connectivity index (χ1v) is 12.1. The van der Waals surface area contributed by atoms with Crippen molar-refractivity contribution in [2.45, 2.75) is 32.4 Å². The second-order valence-corrected chi connectivity index (χ2v) is 10.0. The molecule has 0 spiro atoms.